The lowest BCUT2D eigenvalue weighted by Gasteiger charge is -2.22. The molecule has 0 spiro atoms. The second-order valence-corrected chi connectivity index (χ2v) is 5.64. The van der Waals surface area contributed by atoms with E-state index in [2.05, 4.69) is 40.2 Å². The van der Waals surface area contributed by atoms with E-state index in [1.807, 2.05) is 25.7 Å². The van der Waals surface area contributed by atoms with Gasteiger partial charge in [0.15, 0.2) is 0 Å². The Bertz CT molecular complexity index is 550. The van der Waals surface area contributed by atoms with Crippen LogP contribution < -0.4 is 10.2 Å². The van der Waals surface area contributed by atoms with E-state index in [9.17, 15) is 0 Å². The molecule has 0 radical (unpaired) electrons. The molecule has 0 atom stereocenters. The van der Waals surface area contributed by atoms with E-state index in [0.717, 1.165) is 24.5 Å². The highest BCUT2D eigenvalue weighted by molar-refractivity contribution is 7.09. The molecule has 2 heterocycles. The molecule has 4 nitrogen and oxygen atoms in total. The molecular weight excluding hydrogens is 256 g/mol. The molecule has 0 saturated heterocycles. The third kappa shape index (κ3) is 3.30. The van der Waals surface area contributed by atoms with Crippen molar-refractivity contribution < 1.29 is 0 Å². The Kier molecular flexibility index (Phi) is 4.50. The summed E-state index contributed by atoms with van der Waals surface area (Å²) in [4.78, 5) is 12.3. The van der Waals surface area contributed by atoms with Crippen LogP contribution in [0.4, 0.5) is 5.69 Å². The van der Waals surface area contributed by atoms with Gasteiger partial charge in [-0.3, -0.25) is 4.98 Å². The van der Waals surface area contributed by atoms with Crippen LogP contribution in [0.5, 0.6) is 0 Å². The molecule has 0 amide bonds. The summed E-state index contributed by atoms with van der Waals surface area (Å²) in [7, 11) is 4.07. The third-order valence-electron chi connectivity index (χ3n) is 3.10. The normalized spacial score (nSPS) is 10.7. The van der Waals surface area contributed by atoms with Gasteiger partial charge in [-0.1, -0.05) is 0 Å². The number of hydrogen-bond acceptors (Lipinski definition) is 5. The number of nitrogens with one attached hydrogen (secondary N) is 1. The molecule has 0 bridgehead atoms. The number of hydrogen-bond donors (Lipinski definition) is 1. The summed E-state index contributed by atoms with van der Waals surface area (Å²) >= 11 is 1.71. The zero-order valence-electron chi connectivity index (χ0n) is 11.9. The smallest absolute Gasteiger partial charge is 0.0798 e. The van der Waals surface area contributed by atoms with Gasteiger partial charge in [0.25, 0.3) is 0 Å². The summed E-state index contributed by atoms with van der Waals surface area (Å²) in [5, 5.41) is 3.19. The quantitative estimate of drug-likeness (QED) is 0.911. The molecule has 0 fully saturated rings. The molecule has 2 aromatic rings. The highest BCUT2D eigenvalue weighted by atomic mass is 32.1. The van der Waals surface area contributed by atoms with E-state index >= 15 is 0 Å². The molecule has 0 saturated carbocycles. The molecule has 0 aliphatic heterocycles. The van der Waals surface area contributed by atoms with Crippen molar-refractivity contribution in [3.63, 3.8) is 0 Å². The van der Waals surface area contributed by atoms with Crippen LogP contribution in [0.3, 0.4) is 0 Å². The lowest BCUT2D eigenvalue weighted by molar-refractivity contribution is 0.799. The van der Waals surface area contributed by atoms with E-state index in [1.54, 1.807) is 11.3 Å². The number of pyridine rings is 1. The van der Waals surface area contributed by atoms with Gasteiger partial charge in [-0.25, -0.2) is 4.98 Å². The monoisotopic (exact) mass is 276 g/mol. The second kappa shape index (κ2) is 6.12. The first-order chi connectivity index (χ1) is 9.11. The van der Waals surface area contributed by atoms with Crippen LogP contribution in [0.2, 0.25) is 0 Å². The Balaban J connectivity index is 2.24. The Labute approximate surface area is 118 Å². The minimum atomic E-state index is 0.828. The van der Waals surface area contributed by atoms with Crippen molar-refractivity contribution in [3.8, 4) is 0 Å². The molecule has 5 heteroatoms. The van der Waals surface area contributed by atoms with Crippen molar-refractivity contribution in [1.29, 1.82) is 0 Å². The number of nitrogens with zero attached hydrogens (tertiary/aromatic N) is 3. The Morgan fingerprint density at radius 1 is 1.32 bits per heavy atom. The lowest BCUT2D eigenvalue weighted by Crippen LogP contribution is -2.20. The highest BCUT2D eigenvalue weighted by Gasteiger charge is 2.11. The van der Waals surface area contributed by atoms with Crippen LogP contribution in [0, 0.1) is 13.8 Å². The minimum Gasteiger partial charge on any atom is -0.369 e. The molecule has 1 N–H and O–H groups in total. The number of rotatable bonds is 5. The van der Waals surface area contributed by atoms with Crippen molar-refractivity contribution in [3.05, 3.63) is 39.6 Å². The van der Waals surface area contributed by atoms with E-state index in [-0.39, 0.29) is 0 Å². The molecule has 0 aliphatic rings. The molecular formula is C14H20N4S. The van der Waals surface area contributed by atoms with Crippen LogP contribution in [0.25, 0.3) is 0 Å². The first-order valence-corrected chi connectivity index (χ1v) is 7.20. The summed E-state index contributed by atoms with van der Waals surface area (Å²) < 4.78 is 0. The van der Waals surface area contributed by atoms with Crippen LogP contribution in [0.1, 0.15) is 21.8 Å². The molecule has 102 valence electrons. The van der Waals surface area contributed by atoms with Gasteiger partial charge >= 0.3 is 0 Å². The number of thiazole rings is 1. The van der Waals surface area contributed by atoms with E-state index in [0.29, 0.717) is 0 Å². The predicted octanol–water partition coefficient (Wildman–Crippen LogP) is 2.51. The van der Waals surface area contributed by atoms with Crippen molar-refractivity contribution in [2.24, 2.45) is 0 Å². The summed E-state index contributed by atoms with van der Waals surface area (Å²) in [6.45, 7) is 5.80. The van der Waals surface area contributed by atoms with E-state index in [1.165, 1.54) is 16.1 Å². The second-order valence-electron chi connectivity index (χ2n) is 4.70. The first kappa shape index (κ1) is 14.0. The Morgan fingerprint density at radius 2 is 2.11 bits per heavy atom. The fraction of sp³-hybridized carbons (Fsp3) is 0.429. The van der Waals surface area contributed by atoms with Crippen molar-refractivity contribution in [1.82, 2.24) is 15.3 Å². The molecule has 2 rings (SSSR count). The number of anilines is 1. The zero-order chi connectivity index (χ0) is 13.8. The maximum absolute atomic E-state index is 4.38. The van der Waals surface area contributed by atoms with E-state index in [4.69, 9.17) is 0 Å². The van der Waals surface area contributed by atoms with Crippen molar-refractivity contribution in [2.75, 3.05) is 19.0 Å². The van der Waals surface area contributed by atoms with Crippen LogP contribution >= 0.6 is 11.3 Å². The Hall–Kier alpha value is -1.46. The fourth-order valence-electron chi connectivity index (χ4n) is 2.03. The van der Waals surface area contributed by atoms with Gasteiger partial charge in [0, 0.05) is 41.6 Å². The summed E-state index contributed by atoms with van der Waals surface area (Å²) in [6, 6.07) is 2.14. The molecule has 0 unspecified atom stereocenters. The maximum atomic E-state index is 4.38. The number of aromatic nitrogens is 2. The number of aryl methyl sites for hydroxylation is 2. The summed E-state index contributed by atoms with van der Waals surface area (Å²) in [6.07, 6.45) is 1.96. The molecule has 19 heavy (non-hydrogen) atoms. The summed E-state index contributed by atoms with van der Waals surface area (Å²) in [5.41, 5.74) is 6.53. The van der Waals surface area contributed by atoms with Gasteiger partial charge in [-0.05, 0) is 27.0 Å². The van der Waals surface area contributed by atoms with Gasteiger partial charge in [0.1, 0.15) is 0 Å². The van der Waals surface area contributed by atoms with Gasteiger partial charge < -0.3 is 10.2 Å². The van der Waals surface area contributed by atoms with Gasteiger partial charge in [0.2, 0.25) is 0 Å². The van der Waals surface area contributed by atoms with Crippen molar-refractivity contribution >= 4 is 17.0 Å². The van der Waals surface area contributed by atoms with Crippen LogP contribution in [0.15, 0.2) is 17.8 Å². The first-order valence-electron chi connectivity index (χ1n) is 6.32. The maximum Gasteiger partial charge on any atom is 0.0798 e. The SMILES string of the molecule is CNCc1cnc(C)cc1N(C)Cc1scnc1C. The minimum absolute atomic E-state index is 0.828. The van der Waals surface area contributed by atoms with Crippen molar-refractivity contribution in [2.45, 2.75) is 26.9 Å². The van der Waals surface area contributed by atoms with Gasteiger partial charge in [0.05, 0.1) is 17.7 Å². The standard InChI is InChI=1S/C14H20N4S/c1-10-5-13(12(6-15-3)7-16-10)18(4)8-14-11(2)17-9-19-14/h5,7,9,15H,6,8H2,1-4H3. The summed E-state index contributed by atoms with van der Waals surface area (Å²) in [5.74, 6) is 0. The van der Waals surface area contributed by atoms with Gasteiger partial charge in [-0.2, -0.15) is 0 Å². The van der Waals surface area contributed by atoms with Gasteiger partial charge in [-0.15, -0.1) is 11.3 Å². The third-order valence-corrected chi connectivity index (χ3v) is 4.02. The lowest BCUT2D eigenvalue weighted by atomic mass is 10.2. The van der Waals surface area contributed by atoms with E-state index < -0.39 is 0 Å². The molecule has 0 aromatic carbocycles. The topological polar surface area (TPSA) is 41.1 Å². The van der Waals surface area contributed by atoms with Crippen LogP contribution in [-0.2, 0) is 13.1 Å². The molecule has 0 aliphatic carbocycles. The zero-order valence-corrected chi connectivity index (χ0v) is 12.7. The predicted molar refractivity (Wildman–Crippen MR) is 80.7 cm³/mol. The Morgan fingerprint density at radius 3 is 2.74 bits per heavy atom. The fourth-order valence-corrected chi connectivity index (χ4v) is 2.86. The average molecular weight is 276 g/mol. The average Bonchev–Trinajstić information content (AvgIpc) is 2.77. The largest absolute Gasteiger partial charge is 0.369 e. The molecule has 2 aromatic heterocycles. The highest BCUT2D eigenvalue weighted by Crippen LogP contribution is 2.23. The van der Waals surface area contributed by atoms with Crippen LogP contribution in [-0.4, -0.2) is 24.1 Å².